The third-order valence-electron chi connectivity index (χ3n) is 2.03. The molecule has 0 N–H and O–H groups in total. The molecule has 1 heterocycles. The molecule has 4 nitrogen and oxygen atoms in total. The zero-order valence-electron chi connectivity index (χ0n) is 8.21. The number of thioether (sulfide) groups is 1. The minimum absolute atomic E-state index is 0.471. The first kappa shape index (κ1) is 10.0. The van der Waals surface area contributed by atoms with Crippen LogP contribution in [0.1, 0.15) is 5.69 Å². The Hall–Kier alpha value is -1.49. The lowest BCUT2D eigenvalue weighted by molar-refractivity contribution is -0.807. The van der Waals surface area contributed by atoms with Gasteiger partial charge in [-0.15, -0.1) is 0 Å². The summed E-state index contributed by atoms with van der Waals surface area (Å²) in [5.41, 5.74) is 2.09. The Kier molecular flexibility index (Phi) is 2.91. The first-order chi connectivity index (χ1) is 7.33. The Labute approximate surface area is 91.4 Å². The van der Waals surface area contributed by atoms with E-state index in [1.54, 1.807) is 11.8 Å². The molecule has 0 spiro atoms. The predicted molar refractivity (Wildman–Crippen MR) is 58.1 cm³/mol. The van der Waals surface area contributed by atoms with E-state index < -0.39 is 0 Å². The molecule has 2 rings (SSSR count). The predicted octanol–water partition coefficient (Wildman–Crippen LogP) is 1.84. The van der Waals surface area contributed by atoms with Gasteiger partial charge in [0.05, 0.1) is 5.75 Å². The second-order valence-electron chi connectivity index (χ2n) is 3.02. The van der Waals surface area contributed by atoms with Crippen LogP contribution in [0, 0.1) is 5.21 Å². The van der Waals surface area contributed by atoms with E-state index in [9.17, 15) is 5.21 Å². The second kappa shape index (κ2) is 4.35. The van der Waals surface area contributed by atoms with Gasteiger partial charge in [-0.05, 0) is 11.2 Å². The minimum atomic E-state index is 0.471. The van der Waals surface area contributed by atoms with E-state index in [4.69, 9.17) is 0 Å². The Morgan fingerprint density at radius 2 is 2.13 bits per heavy atom. The third-order valence-corrected chi connectivity index (χ3v) is 2.59. The number of benzene rings is 1. The van der Waals surface area contributed by atoms with Crippen LogP contribution in [0.15, 0.2) is 35.0 Å². The molecule has 0 aliphatic heterocycles. The van der Waals surface area contributed by atoms with E-state index in [-0.39, 0.29) is 0 Å². The van der Waals surface area contributed by atoms with Crippen molar-refractivity contribution in [2.45, 2.75) is 5.75 Å². The number of hydrogen-bond donors (Lipinski definition) is 0. The van der Waals surface area contributed by atoms with Crippen LogP contribution in [0.5, 0.6) is 0 Å². The molecule has 0 fully saturated rings. The standard InChI is InChI=1S/C10H10N2O2S/c1-15-7-9-10(11-14-12(9)13)8-5-3-2-4-6-8/h2-6H,7H2,1H3. The minimum Gasteiger partial charge on any atom is -0.359 e. The van der Waals surface area contributed by atoms with Gasteiger partial charge in [-0.25, -0.2) is 0 Å². The van der Waals surface area contributed by atoms with E-state index in [1.165, 1.54) is 0 Å². The average molecular weight is 222 g/mol. The molecule has 0 saturated heterocycles. The zero-order chi connectivity index (χ0) is 10.7. The first-order valence-electron chi connectivity index (χ1n) is 4.46. The van der Waals surface area contributed by atoms with Crippen molar-refractivity contribution in [3.05, 3.63) is 41.2 Å². The average Bonchev–Trinajstić information content (AvgIpc) is 2.63. The molecular weight excluding hydrogens is 212 g/mol. The zero-order valence-corrected chi connectivity index (χ0v) is 9.03. The van der Waals surface area contributed by atoms with Crippen molar-refractivity contribution in [1.29, 1.82) is 0 Å². The topological polar surface area (TPSA) is 53.0 Å². The van der Waals surface area contributed by atoms with E-state index in [0.717, 1.165) is 5.56 Å². The summed E-state index contributed by atoms with van der Waals surface area (Å²) in [7, 11) is 0. The van der Waals surface area contributed by atoms with Crippen molar-refractivity contribution < 1.29 is 9.53 Å². The van der Waals surface area contributed by atoms with Crippen molar-refractivity contribution in [3.63, 3.8) is 0 Å². The Bertz CT molecular complexity index is 442. The van der Waals surface area contributed by atoms with Gasteiger partial charge in [0.15, 0.2) is 0 Å². The molecular formula is C10H10N2O2S. The fourth-order valence-electron chi connectivity index (χ4n) is 1.34. The highest BCUT2D eigenvalue weighted by Gasteiger charge is 2.19. The van der Waals surface area contributed by atoms with E-state index in [0.29, 0.717) is 22.0 Å². The van der Waals surface area contributed by atoms with E-state index in [1.807, 2.05) is 36.6 Å². The van der Waals surface area contributed by atoms with Gasteiger partial charge in [-0.1, -0.05) is 30.3 Å². The van der Waals surface area contributed by atoms with Crippen LogP contribution in [0.2, 0.25) is 0 Å². The quantitative estimate of drug-likeness (QED) is 0.743. The third kappa shape index (κ3) is 1.97. The number of nitrogens with zero attached hydrogens (tertiary/aromatic N) is 2. The summed E-state index contributed by atoms with van der Waals surface area (Å²) in [6, 6.07) is 9.54. The van der Waals surface area contributed by atoms with Gasteiger partial charge in [-0.2, -0.15) is 11.8 Å². The lowest BCUT2D eigenvalue weighted by atomic mass is 10.1. The maximum Gasteiger partial charge on any atom is 0.252 e. The summed E-state index contributed by atoms with van der Waals surface area (Å²) in [6.45, 7) is 0. The highest BCUT2D eigenvalue weighted by atomic mass is 32.2. The highest BCUT2D eigenvalue weighted by molar-refractivity contribution is 7.97. The van der Waals surface area contributed by atoms with Crippen molar-refractivity contribution in [2.75, 3.05) is 6.26 Å². The molecule has 0 aliphatic rings. The molecule has 78 valence electrons. The molecule has 0 atom stereocenters. The Morgan fingerprint density at radius 1 is 1.40 bits per heavy atom. The van der Waals surface area contributed by atoms with Gasteiger partial charge < -0.3 is 5.21 Å². The second-order valence-corrected chi connectivity index (χ2v) is 3.89. The molecule has 2 aromatic rings. The Morgan fingerprint density at radius 3 is 2.80 bits per heavy atom. The van der Waals surface area contributed by atoms with Gasteiger partial charge in [0.25, 0.3) is 5.69 Å². The van der Waals surface area contributed by atoms with Crippen LogP contribution >= 0.6 is 11.8 Å². The summed E-state index contributed by atoms with van der Waals surface area (Å²) in [4.78, 5) is 0.471. The summed E-state index contributed by atoms with van der Waals surface area (Å²) in [5, 5.41) is 15.0. The first-order valence-corrected chi connectivity index (χ1v) is 5.85. The summed E-state index contributed by atoms with van der Waals surface area (Å²) in [6.07, 6.45) is 1.93. The van der Waals surface area contributed by atoms with Crippen molar-refractivity contribution in [3.8, 4) is 11.3 Å². The monoisotopic (exact) mass is 222 g/mol. The van der Waals surface area contributed by atoms with Crippen LogP contribution in [0.25, 0.3) is 11.3 Å². The van der Waals surface area contributed by atoms with Crippen LogP contribution in [0.3, 0.4) is 0 Å². The summed E-state index contributed by atoms with van der Waals surface area (Å²) < 4.78 is 4.60. The Balaban J connectivity index is 2.44. The van der Waals surface area contributed by atoms with Crippen LogP contribution in [0.4, 0.5) is 0 Å². The summed E-state index contributed by atoms with van der Waals surface area (Å²) >= 11 is 1.56. The van der Waals surface area contributed by atoms with Gasteiger partial charge in [-0.3, -0.25) is 4.63 Å². The molecule has 0 aliphatic carbocycles. The molecule has 1 aromatic heterocycles. The molecule has 0 unspecified atom stereocenters. The number of rotatable bonds is 3. The van der Waals surface area contributed by atoms with E-state index in [2.05, 4.69) is 9.79 Å². The fourth-order valence-corrected chi connectivity index (χ4v) is 1.86. The largest absolute Gasteiger partial charge is 0.359 e. The maximum absolute atomic E-state index is 11.3. The van der Waals surface area contributed by atoms with Crippen molar-refractivity contribution >= 4 is 11.8 Å². The van der Waals surface area contributed by atoms with Crippen molar-refractivity contribution in [2.24, 2.45) is 0 Å². The SMILES string of the molecule is CSCc1c(-c2ccccc2)no[n+]1[O-]. The molecule has 0 saturated carbocycles. The molecule has 15 heavy (non-hydrogen) atoms. The van der Waals surface area contributed by atoms with Gasteiger partial charge >= 0.3 is 0 Å². The van der Waals surface area contributed by atoms with Crippen LogP contribution in [-0.2, 0) is 5.75 Å². The molecule has 1 aromatic carbocycles. The molecule has 0 radical (unpaired) electrons. The number of aromatic nitrogens is 2. The fraction of sp³-hybridized carbons (Fsp3) is 0.200. The summed E-state index contributed by atoms with van der Waals surface area (Å²) in [5.74, 6) is 0.594. The lowest BCUT2D eigenvalue weighted by Gasteiger charge is -1.95. The van der Waals surface area contributed by atoms with Gasteiger partial charge in [0.1, 0.15) is 0 Å². The van der Waals surface area contributed by atoms with Gasteiger partial charge in [0, 0.05) is 10.7 Å². The lowest BCUT2D eigenvalue weighted by Crippen LogP contribution is -2.27. The van der Waals surface area contributed by atoms with Gasteiger partial charge in [0.2, 0.25) is 5.69 Å². The molecule has 0 amide bonds. The number of hydrogen-bond acceptors (Lipinski definition) is 4. The highest BCUT2D eigenvalue weighted by Crippen LogP contribution is 2.21. The van der Waals surface area contributed by atoms with E-state index >= 15 is 0 Å². The smallest absolute Gasteiger partial charge is 0.252 e. The molecule has 0 bridgehead atoms. The van der Waals surface area contributed by atoms with Crippen LogP contribution in [-0.4, -0.2) is 11.4 Å². The van der Waals surface area contributed by atoms with Crippen molar-refractivity contribution in [1.82, 2.24) is 5.16 Å². The molecule has 5 heteroatoms. The van der Waals surface area contributed by atoms with Crippen LogP contribution < -0.4 is 4.90 Å². The maximum atomic E-state index is 11.3. The normalized spacial score (nSPS) is 10.5.